The molecule has 0 radical (unpaired) electrons. The van der Waals surface area contributed by atoms with Crippen LogP contribution in [0.15, 0.2) is 0 Å². The Morgan fingerprint density at radius 3 is 2.56 bits per heavy atom. The van der Waals surface area contributed by atoms with Crippen LogP contribution in [0.2, 0.25) is 0 Å². The van der Waals surface area contributed by atoms with Crippen molar-refractivity contribution in [3.63, 3.8) is 0 Å². The number of nitrogens with zero attached hydrogens (tertiary/aromatic N) is 1. The molecule has 0 atom stereocenters. The van der Waals surface area contributed by atoms with Gasteiger partial charge >= 0.3 is 0 Å². The first kappa shape index (κ1) is 13.8. The fourth-order valence-electron chi connectivity index (χ4n) is 2.51. The van der Waals surface area contributed by atoms with Crippen LogP contribution in [0.1, 0.15) is 32.6 Å². The van der Waals surface area contributed by atoms with E-state index in [1.807, 2.05) is 11.8 Å². The summed E-state index contributed by atoms with van der Waals surface area (Å²) >= 11 is 0. The molecule has 1 amide bonds. The van der Waals surface area contributed by atoms with Crippen molar-refractivity contribution in [1.82, 2.24) is 4.90 Å². The zero-order chi connectivity index (χ0) is 12.8. The van der Waals surface area contributed by atoms with Crippen LogP contribution < -0.4 is 0 Å². The minimum Gasteiger partial charge on any atom is -0.382 e. The number of hydrogen-bond acceptors (Lipinski definition) is 4. The predicted molar refractivity (Wildman–Crippen MR) is 66.2 cm³/mol. The molecule has 0 N–H and O–H groups in total. The first-order chi connectivity index (χ1) is 8.76. The van der Waals surface area contributed by atoms with Crippen molar-refractivity contribution in [1.29, 1.82) is 0 Å². The summed E-state index contributed by atoms with van der Waals surface area (Å²) < 4.78 is 16.5. The molecule has 0 aliphatic carbocycles. The molecular formula is C13H23NO4. The normalized spacial score (nSPS) is 22.6. The highest BCUT2D eigenvalue weighted by Gasteiger charge is 2.40. The molecule has 104 valence electrons. The fraction of sp³-hybridized carbons (Fsp3) is 0.923. The van der Waals surface area contributed by atoms with Gasteiger partial charge in [0.1, 0.15) is 0 Å². The first-order valence-corrected chi connectivity index (χ1v) is 6.89. The molecule has 2 heterocycles. The SMILES string of the molecule is CCOCCCC(=O)N1CCC2(CC1)OCCO2. The molecule has 18 heavy (non-hydrogen) atoms. The minimum absolute atomic E-state index is 0.225. The van der Waals surface area contributed by atoms with Crippen LogP contribution in [0.25, 0.3) is 0 Å². The molecule has 2 aliphatic rings. The van der Waals surface area contributed by atoms with Gasteiger partial charge in [-0.2, -0.15) is 0 Å². The molecule has 2 saturated heterocycles. The van der Waals surface area contributed by atoms with E-state index >= 15 is 0 Å². The molecule has 5 nitrogen and oxygen atoms in total. The van der Waals surface area contributed by atoms with Crippen molar-refractivity contribution in [2.24, 2.45) is 0 Å². The molecule has 0 aromatic carbocycles. The van der Waals surface area contributed by atoms with E-state index in [9.17, 15) is 4.79 Å². The largest absolute Gasteiger partial charge is 0.382 e. The van der Waals surface area contributed by atoms with E-state index in [-0.39, 0.29) is 11.7 Å². The number of rotatable bonds is 5. The van der Waals surface area contributed by atoms with Gasteiger partial charge in [-0.1, -0.05) is 0 Å². The summed E-state index contributed by atoms with van der Waals surface area (Å²) in [5.74, 6) is -0.162. The van der Waals surface area contributed by atoms with Crippen LogP contribution in [0.4, 0.5) is 0 Å². The van der Waals surface area contributed by atoms with E-state index in [1.54, 1.807) is 0 Å². The summed E-state index contributed by atoms with van der Waals surface area (Å²) in [5, 5.41) is 0. The zero-order valence-corrected chi connectivity index (χ0v) is 11.2. The lowest BCUT2D eigenvalue weighted by molar-refractivity contribution is -0.187. The zero-order valence-electron chi connectivity index (χ0n) is 11.2. The second-order valence-corrected chi connectivity index (χ2v) is 4.79. The number of ether oxygens (including phenoxy) is 3. The fourth-order valence-corrected chi connectivity index (χ4v) is 2.51. The predicted octanol–water partition coefficient (Wildman–Crippen LogP) is 1.17. The maximum atomic E-state index is 12.0. The van der Waals surface area contributed by atoms with Crippen LogP contribution in [-0.4, -0.2) is 56.1 Å². The van der Waals surface area contributed by atoms with Gasteiger partial charge in [0.2, 0.25) is 5.91 Å². The Labute approximate surface area is 108 Å². The third kappa shape index (κ3) is 3.43. The number of carbonyl (C=O) groups is 1. The highest BCUT2D eigenvalue weighted by molar-refractivity contribution is 5.76. The summed E-state index contributed by atoms with van der Waals surface area (Å²) in [6.45, 7) is 6.21. The van der Waals surface area contributed by atoms with Gasteiger partial charge in [0.25, 0.3) is 0 Å². The van der Waals surface area contributed by atoms with E-state index in [0.717, 1.165) is 39.0 Å². The summed E-state index contributed by atoms with van der Waals surface area (Å²) in [6.07, 6.45) is 2.98. The van der Waals surface area contributed by atoms with Crippen molar-refractivity contribution in [2.75, 3.05) is 39.5 Å². The summed E-state index contributed by atoms with van der Waals surface area (Å²) in [6, 6.07) is 0. The maximum absolute atomic E-state index is 12.0. The molecule has 0 bridgehead atoms. The Balaban J connectivity index is 1.67. The van der Waals surface area contributed by atoms with Gasteiger partial charge in [0.05, 0.1) is 13.2 Å². The molecule has 0 aromatic rings. The average molecular weight is 257 g/mol. The molecular weight excluding hydrogens is 234 g/mol. The van der Waals surface area contributed by atoms with Crippen LogP contribution >= 0.6 is 0 Å². The summed E-state index contributed by atoms with van der Waals surface area (Å²) in [5.41, 5.74) is 0. The van der Waals surface area contributed by atoms with Gasteiger partial charge in [-0.15, -0.1) is 0 Å². The van der Waals surface area contributed by atoms with E-state index in [1.165, 1.54) is 0 Å². The van der Waals surface area contributed by atoms with E-state index in [4.69, 9.17) is 14.2 Å². The van der Waals surface area contributed by atoms with E-state index < -0.39 is 0 Å². The van der Waals surface area contributed by atoms with Gasteiger partial charge in [-0.05, 0) is 13.3 Å². The van der Waals surface area contributed by atoms with Crippen LogP contribution in [0.3, 0.4) is 0 Å². The van der Waals surface area contributed by atoms with Crippen molar-refractivity contribution in [2.45, 2.75) is 38.4 Å². The number of likely N-dealkylation sites (tertiary alicyclic amines) is 1. The van der Waals surface area contributed by atoms with E-state index in [2.05, 4.69) is 0 Å². The third-order valence-corrected chi connectivity index (χ3v) is 3.57. The van der Waals surface area contributed by atoms with Crippen molar-refractivity contribution in [3.8, 4) is 0 Å². The molecule has 2 fully saturated rings. The lowest BCUT2D eigenvalue weighted by Gasteiger charge is -2.37. The minimum atomic E-state index is -0.387. The highest BCUT2D eigenvalue weighted by atomic mass is 16.7. The summed E-state index contributed by atoms with van der Waals surface area (Å²) in [7, 11) is 0. The Hall–Kier alpha value is -0.650. The van der Waals surface area contributed by atoms with Crippen LogP contribution in [-0.2, 0) is 19.0 Å². The molecule has 5 heteroatoms. The van der Waals surface area contributed by atoms with Crippen LogP contribution in [0, 0.1) is 0 Å². The second kappa shape index (κ2) is 6.50. The van der Waals surface area contributed by atoms with Crippen molar-refractivity contribution < 1.29 is 19.0 Å². The maximum Gasteiger partial charge on any atom is 0.222 e. The highest BCUT2D eigenvalue weighted by Crippen LogP contribution is 2.31. The Kier molecular flexibility index (Phi) is 4.97. The third-order valence-electron chi connectivity index (χ3n) is 3.57. The Morgan fingerprint density at radius 2 is 1.94 bits per heavy atom. The Morgan fingerprint density at radius 1 is 1.28 bits per heavy atom. The number of piperidine rings is 1. The monoisotopic (exact) mass is 257 g/mol. The molecule has 0 saturated carbocycles. The summed E-state index contributed by atoms with van der Waals surface area (Å²) in [4.78, 5) is 13.9. The lowest BCUT2D eigenvalue weighted by atomic mass is 10.0. The van der Waals surface area contributed by atoms with E-state index in [0.29, 0.717) is 26.2 Å². The van der Waals surface area contributed by atoms with Crippen molar-refractivity contribution in [3.05, 3.63) is 0 Å². The standard InChI is InChI=1S/C13H23NO4/c1-2-16-9-3-4-12(15)14-7-5-13(6-8-14)17-10-11-18-13/h2-11H2,1H3. The smallest absolute Gasteiger partial charge is 0.222 e. The molecule has 1 spiro atoms. The van der Waals surface area contributed by atoms with Gasteiger partial charge in [-0.25, -0.2) is 0 Å². The number of hydrogen-bond donors (Lipinski definition) is 0. The molecule has 2 rings (SSSR count). The second-order valence-electron chi connectivity index (χ2n) is 4.79. The van der Waals surface area contributed by atoms with Gasteiger partial charge in [0.15, 0.2) is 5.79 Å². The topological polar surface area (TPSA) is 48.0 Å². The lowest BCUT2D eigenvalue weighted by Crippen LogP contribution is -2.47. The average Bonchev–Trinajstić information content (AvgIpc) is 2.84. The van der Waals surface area contributed by atoms with Gasteiger partial charge < -0.3 is 19.1 Å². The van der Waals surface area contributed by atoms with Crippen LogP contribution in [0.5, 0.6) is 0 Å². The molecule has 0 unspecified atom stereocenters. The quantitative estimate of drug-likeness (QED) is 0.694. The first-order valence-electron chi connectivity index (χ1n) is 6.89. The van der Waals surface area contributed by atoms with Gasteiger partial charge in [0, 0.05) is 45.6 Å². The number of carbonyl (C=O) groups excluding carboxylic acids is 1. The molecule has 0 aromatic heterocycles. The van der Waals surface area contributed by atoms with Crippen molar-refractivity contribution >= 4 is 5.91 Å². The molecule has 2 aliphatic heterocycles. The number of amides is 1. The van der Waals surface area contributed by atoms with Gasteiger partial charge in [-0.3, -0.25) is 4.79 Å². The Bertz CT molecular complexity index is 266.